The summed E-state index contributed by atoms with van der Waals surface area (Å²) in [5.41, 5.74) is 2.51. The Labute approximate surface area is 152 Å². The summed E-state index contributed by atoms with van der Waals surface area (Å²) < 4.78 is 12.9. The van der Waals surface area contributed by atoms with E-state index in [1.165, 1.54) is 12.1 Å². The van der Waals surface area contributed by atoms with Crippen molar-refractivity contribution in [1.82, 2.24) is 0 Å². The lowest BCUT2D eigenvalue weighted by Crippen LogP contribution is -2.32. The lowest BCUT2D eigenvalue weighted by Gasteiger charge is -2.27. The maximum absolute atomic E-state index is 12.9. The second kappa shape index (κ2) is 8.13. The highest BCUT2D eigenvalue weighted by molar-refractivity contribution is 5.94. The molecule has 2 N–H and O–H groups in total. The topological polar surface area (TPSA) is 58.2 Å². The number of rotatable bonds is 4. The fraction of sp³-hybridized carbons (Fsp3) is 0.333. The summed E-state index contributed by atoms with van der Waals surface area (Å²) >= 11 is 0. The molecule has 2 aromatic rings. The van der Waals surface area contributed by atoms with E-state index in [2.05, 4.69) is 10.6 Å². The number of carbonyl (C=O) groups is 2. The van der Waals surface area contributed by atoms with Crippen molar-refractivity contribution >= 4 is 23.2 Å². The van der Waals surface area contributed by atoms with E-state index in [9.17, 15) is 14.0 Å². The first kappa shape index (κ1) is 18.1. The van der Waals surface area contributed by atoms with Gasteiger partial charge in [0.25, 0.3) is 0 Å². The Hall–Kier alpha value is -2.69. The van der Waals surface area contributed by atoms with Crippen LogP contribution in [0.5, 0.6) is 0 Å². The van der Waals surface area contributed by atoms with Gasteiger partial charge < -0.3 is 10.6 Å². The number of halogens is 1. The van der Waals surface area contributed by atoms with Crippen molar-refractivity contribution in [2.45, 2.75) is 32.6 Å². The van der Waals surface area contributed by atoms with Crippen LogP contribution in [0, 0.1) is 24.6 Å². The molecule has 2 aromatic carbocycles. The molecule has 0 atom stereocenters. The van der Waals surface area contributed by atoms with Crippen molar-refractivity contribution < 1.29 is 14.0 Å². The molecule has 0 aromatic heterocycles. The third-order valence-corrected chi connectivity index (χ3v) is 4.87. The zero-order valence-corrected chi connectivity index (χ0v) is 14.8. The smallest absolute Gasteiger partial charge is 0.227 e. The van der Waals surface area contributed by atoms with Gasteiger partial charge in [-0.05, 0) is 74.6 Å². The van der Waals surface area contributed by atoms with Crippen LogP contribution in [0.2, 0.25) is 0 Å². The van der Waals surface area contributed by atoms with E-state index < -0.39 is 0 Å². The van der Waals surface area contributed by atoms with E-state index in [0.29, 0.717) is 31.4 Å². The van der Waals surface area contributed by atoms with Crippen LogP contribution in [0.3, 0.4) is 0 Å². The first-order valence-corrected chi connectivity index (χ1v) is 8.95. The molecule has 1 fully saturated rings. The predicted molar refractivity (Wildman–Crippen MR) is 100 cm³/mol. The van der Waals surface area contributed by atoms with Crippen molar-refractivity contribution in [2.24, 2.45) is 11.8 Å². The fourth-order valence-electron chi connectivity index (χ4n) is 3.36. The quantitative estimate of drug-likeness (QED) is 0.848. The number of aryl methyl sites for hydroxylation is 1. The lowest BCUT2D eigenvalue weighted by atomic mass is 9.81. The van der Waals surface area contributed by atoms with Gasteiger partial charge in [-0.3, -0.25) is 9.59 Å². The van der Waals surface area contributed by atoms with Crippen LogP contribution in [0.4, 0.5) is 15.8 Å². The van der Waals surface area contributed by atoms with Gasteiger partial charge in [-0.1, -0.05) is 12.1 Å². The van der Waals surface area contributed by atoms with E-state index >= 15 is 0 Å². The average Bonchev–Trinajstić information content (AvgIpc) is 2.64. The normalized spacial score (nSPS) is 19.6. The molecule has 0 unspecified atom stereocenters. The summed E-state index contributed by atoms with van der Waals surface area (Å²) in [5.74, 6) is -0.543. The minimum Gasteiger partial charge on any atom is -0.326 e. The standard InChI is InChI=1S/C21H23FN2O2/c1-14-3-2-4-19(13-14)24-21(26)16-7-5-15(6-8-16)20(25)23-18-11-9-17(22)10-12-18/h2-4,9-13,15-16H,5-8H2,1H3,(H,23,25)(H,24,26). The average molecular weight is 354 g/mol. The highest BCUT2D eigenvalue weighted by atomic mass is 19.1. The van der Waals surface area contributed by atoms with Crippen molar-refractivity contribution in [3.63, 3.8) is 0 Å². The summed E-state index contributed by atoms with van der Waals surface area (Å²) in [4.78, 5) is 24.8. The van der Waals surface area contributed by atoms with Gasteiger partial charge in [0, 0.05) is 23.2 Å². The molecule has 0 spiro atoms. The maximum atomic E-state index is 12.9. The molecule has 1 aliphatic rings. The highest BCUT2D eigenvalue weighted by Crippen LogP contribution is 2.30. The van der Waals surface area contributed by atoms with E-state index in [0.717, 1.165) is 11.3 Å². The monoisotopic (exact) mass is 354 g/mol. The SMILES string of the molecule is Cc1cccc(NC(=O)C2CCC(C(=O)Nc3ccc(F)cc3)CC2)c1. The Morgan fingerprint density at radius 2 is 1.38 bits per heavy atom. The van der Waals surface area contributed by atoms with E-state index in [-0.39, 0.29) is 29.5 Å². The minimum absolute atomic E-state index is 0.0213. The molecule has 0 bridgehead atoms. The molecule has 1 saturated carbocycles. The zero-order valence-electron chi connectivity index (χ0n) is 14.8. The van der Waals surface area contributed by atoms with Crippen LogP contribution in [0.1, 0.15) is 31.2 Å². The third-order valence-electron chi connectivity index (χ3n) is 4.87. The van der Waals surface area contributed by atoms with Crippen LogP contribution in [0.25, 0.3) is 0 Å². The molecule has 0 radical (unpaired) electrons. The van der Waals surface area contributed by atoms with Crippen molar-refractivity contribution in [2.75, 3.05) is 10.6 Å². The van der Waals surface area contributed by atoms with Gasteiger partial charge in [-0.15, -0.1) is 0 Å². The number of hydrogen-bond donors (Lipinski definition) is 2. The van der Waals surface area contributed by atoms with Crippen molar-refractivity contribution in [1.29, 1.82) is 0 Å². The van der Waals surface area contributed by atoms with E-state index in [4.69, 9.17) is 0 Å². The Kier molecular flexibility index (Phi) is 5.66. The Bertz CT molecular complexity index is 781. The predicted octanol–water partition coefficient (Wildman–Crippen LogP) is 4.52. The molecule has 3 rings (SSSR count). The maximum Gasteiger partial charge on any atom is 0.227 e. The number of carbonyl (C=O) groups excluding carboxylic acids is 2. The van der Waals surface area contributed by atoms with Crippen LogP contribution in [-0.4, -0.2) is 11.8 Å². The summed E-state index contributed by atoms with van der Waals surface area (Å²) in [7, 11) is 0. The summed E-state index contributed by atoms with van der Waals surface area (Å²) in [5, 5.41) is 5.79. The van der Waals surface area contributed by atoms with Gasteiger partial charge in [0.05, 0.1) is 0 Å². The van der Waals surface area contributed by atoms with Crippen LogP contribution in [-0.2, 0) is 9.59 Å². The first-order valence-electron chi connectivity index (χ1n) is 8.95. The molecular formula is C21H23FN2O2. The Morgan fingerprint density at radius 3 is 1.92 bits per heavy atom. The first-order chi connectivity index (χ1) is 12.5. The molecule has 4 nitrogen and oxygen atoms in total. The second-order valence-electron chi connectivity index (χ2n) is 6.90. The number of benzene rings is 2. The Morgan fingerprint density at radius 1 is 0.846 bits per heavy atom. The van der Waals surface area contributed by atoms with Gasteiger partial charge in [0.2, 0.25) is 11.8 Å². The lowest BCUT2D eigenvalue weighted by molar-refractivity contribution is -0.125. The number of nitrogens with one attached hydrogen (secondary N) is 2. The molecule has 0 heterocycles. The summed E-state index contributed by atoms with van der Waals surface area (Å²) in [6, 6.07) is 13.5. The number of amides is 2. The molecule has 0 saturated heterocycles. The number of anilines is 2. The summed E-state index contributed by atoms with van der Waals surface area (Å²) in [6.45, 7) is 1.99. The molecule has 26 heavy (non-hydrogen) atoms. The molecule has 136 valence electrons. The van der Waals surface area contributed by atoms with Gasteiger partial charge >= 0.3 is 0 Å². The molecule has 0 aliphatic heterocycles. The minimum atomic E-state index is -0.330. The highest BCUT2D eigenvalue weighted by Gasteiger charge is 2.30. The fourth-order valence-corrected chi connectivity index (χ4v) is 3.36. The van der Waals surface area contributed by atoms with Crippen molar-refractivity contribution in [3.8, 4) is 0 Å². The molecule has 5 heteroatoms. The van der Waals surface area contributed by atoms with Crippen molar-refractivity contribution in [3.05, 3.63) is 59.9 Å². The van der Waals surface area contributed by atoms with Crippen LogP contribution >= 0.6 is 0 Å². The van der Waals surface area contributed by atoms with Gasteiger partial charge in [0.1, 0.15) is 5.82 Å². The van der Waals surface area contributed by atoms with E-state index in [1.54, 1.807) is 12.1 Å². The largest absolute Gasteiger partial charge is 0.326 e. The van der Waals surface area contributed by atoms with Gasteiger partial charge in [0.15, 0.2) is 0 Å². The Balaban J connectivity index is 1.49. The van der Waals surface area contributed by atoms with E-state index in [1.807, 2.05) is 31.2 Å². The van der Waals surface area contributed by atoms with Crippen LogP contribution in [0.15, 0.2) is 48.5 Å². The third kappa shape index (κ3) is 4.69. The molecule has 2 amide bonds. The molecular weight excluding hydrogens is 331 g/mol. The van der Waals surface area contributed by atoms with Crippen LogP contribution < -0.4 is 10.6 Å². The zero-order chi connectivity index (χ0) is 18.5. The second-order valence-corrected chi connectivity index (χ2v) is 6.90. The van der Waals surface area contributed by atoms with Gasteiger partial charge in [-0.25, -0.2) is 4.39 Å². The number of hydrogen-bond acceptors (Lipinski definition) is 2. The van der Waals surface area contributed by atoms with Gasteiger partial charge in [-0.2, -0.15) is 0 Å². The molecule has 1 aliphatic carbocycles. The summed E-state index contributed by atoms with van der Waals surface area (Å²) in [6.07, 6.45) is 2.75.